The number of piperidine rings is 1. The van der Waals surface area contributed by atoms with E-state index in [-0.39, 0.29) is 5.91 Å². The van der Waals surface area contributed by atoms with Gasteiger partial charge < -0.3 is 15.4 Å². The molecule has 0 bridgehead atoms. The number of carbonyl (C=O) groups excluding carboxylic acids is 1. The van der Waals surface area contributed by atoms with Crippen LogP contribution >= 0.6 is 34.5 Å². The molecule has 1 aliphatic heterocycles. The van der Waals surface area contributed by atoms with Crippen LogP contribution in [0.25, 0.3) is 0 Å². The zero-order valence-electron chi connectivity index (χ0n) is 11.1. The maximum atomic E-state index is 11.8. The molecule has 0 radical (unpaired) electrons. The van der Waals surface area contributed by atoms with E-state index in [0.717, 1.165) is 32.4 Å². The van der Waals surface area contributed by atoms with Crippen molar-refractivity contribution in [2.75, 3.05) is 26.2 Å². The zero-order chi connectivity index (χ0) is 14.4. The minimum absolute atomic E-state index is 0.181. The van der Waals surface area contributed by atoms with E-state index in [1.54, 1.807) is 6.07 Å². The molecule has 1 aromatic rings. The molecule has 2 heterocycles. The number of halogens is 2. The standard InChI is InChI=1S/C13H18Cl2N2O2S/c14-11-8-10(12(15)20-11)13(18)17-4-1-7-19-9-2-5-16-6-3-9/h8-9,16H,1-7H2,(H,17,18). The molecule has 1 aliphatic rings. The van der Waals surface area contributed by atoms with Crippen LogP contribution in [-0.2, 0) is 4.74 Å². The molecule has 0 spiro atoms. The second-order valence-corrected chi connectivity index (χ2v) is 6.95. The van der Waals surface area contributed by atoms with Gasteiger partial charge in [0.1, 0.15) is 4.34 Å². The van der Waals surface area contributed by atoms with Crippen molar-refractivity contribution in [1.29, 1.82) is 0 Å². The minimum Gasteiger partial charge on any atom is -0.378 e. The van der Waals surface area contributed by atoms with Gasteiger partial charge in [-0.05, 0) is 38.4 Å². The van der Waals surface area contributed by atoms with E-state index in [2.05, 4.69) is 10.6 Å². The summed E-state index contributed by atoms with van der Waals surface area (Å²) < 4.78 is 6.71. The highest BCUT2D eigenvalue weighted by molar-refractivity contribution is 7.20. The summed E-state index contributed by atoms with van der Waals surface area (Å²) in [4.78, 5) is 11.8. The zero-order valence-corrected chi connectivity index (χ0v) is 13.4. The van der Waals surface area contributed by atoms with Crippen molar-refractivity contribution < 1.29 is 9.53 Å². The Hall–Kier alpha value is -0.330. The lowest BCUT2D eigenvalue weighted by Crippen LogP contribution is -2.33. The van der Waals surface area contributed by atoms with Gasteiger partial charge in [-0.3, -0.25) is 4.79 Å². The number of ether oxygens (including phenoxy) is 1. The fourth-order valence-electron chi connectivity index (χ4n) is 2.08. The summed E-state index contributed by atoms with van der Waals surface area (Å²) in [6, 6.07) is 1.59. The Morgan fingerprint density at radius 3 is 2.85 bits per heavy atom. The molecule has 1 saturated heterocycles. The number of carbonyl (C=O) groups is 1. The van der Waals surface area contributed by atoms with Gasteiger partial charge in [0.2, 0.25) is 0 Å². The van der Waals surface area contributed by atoms with Gasteiger partial charge in [-0.15, -0.1) is 11.3 Å². The van der Waals surface area contributed by atoms with Gasteiger partial charge >= 0.3 is 0 Å². The predicted octanol–water partition coefficient (Wildman–Crippen LogP) is 2.94. The van der Waals surface area contributed by atoms with E-state index >= 15 is 0 Å². The van der Waals surface area contributed by atoms with Crippen molar-refractivity contribution >= 4 is 40.4 Å². The largest absolute Gasteiger partial charge is 0.378 e. The first-order valence-electron chi connectivity index (χ1n) is 6.72. The molecule has 2 rings (SSSR count). The third-order valence-electron chi connectivity index (χ3n) is 3.15. The summed E-state index contributed by atoms with van der Waals surface area (Å²) in [5, 5.41) is 6.12. The summed E-state index contributed by atoms with van der Waals surface area (Å²) in [7, 11) is 0. The predicted molar refractivity (Wildman–Crippen MR) is 83.1 cm³/mol. The molecule has 1 fully saturated rings. The van der Waals surface area contributed by atoms with Crippen LogP contribution in [0.2, 0.25) is 8.67 Å². The lowest BCUT2D eigenvalue weighted by Gasteiger charge is -2.22. The van der Waals surface area contributed by atoms with E-state index in [1.807, 2.05) is 0 Å². The summed E-state index contributed by atoms with van der Waals surface area (Å²) in [5.41, 5.74) is 0.445. The number of hydrogen-bond donors (Lipinski definition) is 2. The average Bonchev–Trinajstić information content (AvgIpc) is 2.78. The number of amides is 1. The van der Waals surface area contributed by atoms with Crippen LogP contribution in [0.1, 0.15) is 29.6 Å². The SMILES string of the molecule is O=C(NCCCOC1CCNCC1)c1cc(Cl)sc1Cl. The molecule has 0 aromatic carbocycles. The topological polar surface area (TPSA) is 50.4 Å². The molecule has 0 saturated carbocycles. The van der Waals surface area contributed by atoms with Crippen molar-refractivity contribution in [1.82, 2.24) is 10.6 Å². The van der Waals surface area contributed by atoms with Crippen molar-refractivity contribution in [2.45, 2.75) is 25.4 Å². The first-order valence-corrected chi connectivity index (χ1v) is 8.29. The Balaban J connectivity index is 1.61. The van der Waals surface area contributed by atoms with Gasteiger partial charge in [0.15, 0.2) is 0 Å². The molecule has 0 atom stereocenters. The maximum Gasteiger partial charge on any atom is 0.253 e. The Kier molecular flexibility index (Phi) is 6.58. The van der Waals surface area contributed by atoms with E-state index in [0.29, 0.717) is 33.5 Å². The smallest absolute Gasteiger partial charge is 0.253 e. The number of thiophene rings is 1. The highest BCUT2D eigenvalue weighted by Crippen LogP contribution is 2.30. The summed E-state index contributed by atoms with van der Waals surface area (Å²) in [6.45, 7) is 3.30. The van der Waals surface area contributed by atoms with Crippen LogP contribution in [0.3, 0.4) is 0 Å². The monoisotopic (exact) mass is 336 g/mol. The van der Waals surface area contributed by atoms with Crippen molar-refractivity contribution in [3.63, 3.8) is 0 Å². The molecule has 1 aromatic heterocycles. The summed E-state index contributed by atoms with van der Waals surface area (Å²) in [5.74, 6) is -0.181. The molecular weight excluding hydrogens is 319 g/mol. The van der Waals surface area contributed by atoms with Gasteiger partial charge in [0.05, 0.1) is 16.0 Å². The van der Waals surface area contributed by atoms with E-state index in [9.17, 15) is 4.79 Å². The maximum absolute atomic E-state index is 11.8. The van der Waals surface area contributed by atoms with Crippen LogP contribution < -0.4 is 10.6 Å². The fraction of sp³-hybridized carbons (Fsp3) is 0.615. The lowest BCUT2D eigenvalue weighted by atomic mass is 10.1. The van der Waals surface area contributed by atoms with E-state index < -0.39 is 0 Å². The average molecular weight is 337 g/mol. The van der Waals surface area contributed by atoms with Gasteiger partial charge in [-0.1, -0.05) is 23.2 Å². The van der Waals surface area contributed by atoms with Crippen molar-refractivity contribution in [3.8, 4) is 0 Å². The fourth-order valence-corrected chi connectivity index (χ4v) is 3.53. The lowest BCUT2D eigenvalue weighted by molar-refractivity contribution is 0.0318. The second-order valence-electron chi connectivity index (χ2n) is 4.67. The molecule has 0 aliphatic carbocycles. The van der Waals surface area contributed by atoms with Crippen molar-refractivity contribution in [2.24, 2.45) is 0 Å². The Labute approximate surface area is 132 Å². The van der Waals surface area contributed by atoms with Gasteiger partial charge in [-0.25, -0.2) is 0 Å². The molecule has 20 heavy (non-hydrogen) atoms. The highest BCUT2D eigenvalue weighted by atomic mass is 35.5. The third kappa shape index (κ3) is 4.90. The highest BCUT2D eigenvalue weighted by Gasteiger charge is 2.14. The summed E-state index contributed by atoms with van der Waals surface area (Å²) >= 11 is 12.9. The number of nitrogens with one attached hydrogen (secondary N) is 2. The first-order chi connectivity index (χ1) is 9.66. The quantitative estimate of drug-likeness (QED) is 0.785. The summed E-state index contributed by atoms with van der Waals surface area (Å²) in [6.07, 6.45) is 3.28. The molecular formula is C13H18Cl2N2O2S. The van der Waals surface area contributed by atoms with Crippen LogP contribution in [0.4, 0.5) is 0 Å². The number of hydrogen-bond acceptors (Lipinski definition) is 4. The molecule has 0 unspecified atom stereocenters. The van der Waals surface area contributed by atoms with E-state index in [4.69, 9.17) is 27.9 Å². The first kappa shape index (κ1) is 16.0. The third-order valence-corrected chi connectivity index (χ3v) is 4.64. The van der Waals surface area contributed by atoms with Crippen LogP contribution in [0.15, 0.2) is 6.07 Å². The molecule has 4 nitrogen and oxygen atoms in total. The van der Waals surface area contributed by atoms with Crippen molar-refractivity contribution in [3.05, 3.63) is 20.3 Å². The normalized spacial score (nSPS) is 16.3. The number of rotatable bonds is 6. The molecule has 112 valence electrons. The minimum atomic E-state index is -0.181. The Morgan fingerprint density at radius 2 is 2.20 bits per heavy atom. The Bertz CT molecular complexity index is 448. The second kappa shape index (κ2) is 8.20. The molecule has 2 N–H and O–H groups in total. The van der Waals surface area contributed by atoms with Gasteiger partial charge in [0.25, 0.3) is 5.91 Å². The van der Waals surface area contributed by atoms with Gasteiger partial charge in [-0.2, -0.15) is 0 Å². The molecule has 1 amide bonds. The van der Waals surface area contributed by atoms with Crippen LogP contribution in [0, 0.1) is 0 Å². The van der Waals surface area contributed by atoms with Crippen LogP contribution in [0.5, 0.6) is 0 Å². The van der Waals surface area contributed by atoms with Gasteiger partial charge in [0, 0.05) is 13.2 Å². The van der Waals surface area contributed by atoms with Crippen LogP contribution in [-0.4, -0.2) is 38.3 Å². The van der Waals surface area contributed by atoms with E-state index in [1.165, 1.54) is 11.3 Å². The molecule has 7 heteroatoms. The Morgan fingerprint density at radius 1 is 1.45 bits per heavy atom.